The molecule has 2 rings (SSSR count). The first-order chi connectivity index (χ1) is 8.56. The van der Waals surface area contributed by atoms with Crippen LogP contribution in [0.3, 0.4) is 0 Å². The van der Waals surface area contributed by atoms with E-state index in [-0.39, 0.29) is 0 Å². The Labute approximate surface area is 111 Å². The molecule has 1 atom stereocenters. The highest BCUT2D eigenvalue weighted by Crippen LogP contribution is 2.27. The van der Waals surface area contributed by atoms with Gasteiger partial charge in [-0.3, -0.25) is 0 Å². The zero-order valence-electron chi connectivity index (χ0n) is 10.2. The smallest absolute Gasteiger partial charge is 0.219 e. The molecule has 0 amide bonds. The average Bonchev–Trinajstić information content (AvgIpc) is 2.34. The predicted octanol–water partition coefficient (Wildman–Crippen LogP) is 3.89. The third kappa shape index (κ3) is 3.00. The van der Waals surface area contributed by atoms with Crippen LogP contribution in [0.5, 0.6) is 11.6 Å². The van der Waals surface area contributed by atoms with Gasteiger partial charge in [-0.25, -0.2) is 4.98 Å². The number of nitrogens with zero attached hydrogens (tertiary/aromatic N) is 1. The number of halogens is 1. The Balaban J connectivity index is 2.28. The van der Waals surface area contributed by atoms with Gasteiger partial charge in [0, 0.05) is 17.3 Å². The number of aliphatic hydroxyl groups excluding tert-OH is 1. The molecule has 3 nitrogen and oxygen atoms in total. The Morgan fingerprint density at radius 3 is 2.78 bits per heavy atom. The number of aryl methyl sites for hydroxylation is 1. The van der Waals surface area contributed by atoms with E-state index in [1.165, 1.54) is 0 Å². The van der Waals surface area contributed by atoms with Crippen LogP contribution in [0, 0.1) is 6.92 Å². The lowest BCUT2D eigenvalue weighted by molar-refractivity contribution is 0.198. The Morgan fingerprint density at radius 2 is 2.06 bits per heavy atom. The first-order valence-corrected chi connectivity index (χ1v) is 6.02. The summed E-state index contributed by atoms with van der Waals surface area (Å²) in [4.78, 5) is 4.11. The molecule has 0 aliphatic rings. The summed E-state index contributed by atoms with van der Waals surface area (Å²) in [6.45, 7) is 3.63. The van der Waals surface area contributed by atoms with Crippen LogP contribution in [0.15, 0.2) is 36.5 Å². The van der Waals surface area contributed by atoms with E-state index in [1.54, 1.807) is 31.3 Å². The molecule has 4 heteroatoms. The Morgan fingerprint density at radius 1 is 1.28 bits per heavy atom. The number of benzene rings is 1. The van der Waals surface area contributed by atoms with Crippen molar-refractivity contribution in [1.29, 1.82) is 0 Å². The Bertz CT molecular complexity index is 555. The van der Waals surface area contributed by atoms with Gasteiger partial charge in [-0.05, 0) is 43.2 Å². The molecule has 0 bridgehead atoms. The minimum atomic E-state index is -0.546. The summed E-state index contributed by atoms with van der Waals surface area (Å²) in [6.07, 6.45) is 1.06. The van der Waals surface area contributed by atoms with Gasteiger partial charge in [-0.2, -0.15) is 0 Å². The number of rotatable bonds is 3. The molecule has 0 spiro atoms. The third-order valence-electron chi connectivity index (χ3n) is 2.61. The zero-order valence-corrected chi connectivity index (χ0v) is 11.0. The van der Waals surface area contributed by atoms with Gasteiger partial charge in [0.1, 0.15) is 5.75 Å². The zero-order chi connectivity index (χ0) is 13.1. The van der Waals surface area contributed by atoms with Crippen molar-refractivity contribution in [2.45, 2.75) is 20.0 Å². The molecule has 1 heterocycles. The van der Waals surface area contributed by atoms with E-state index in [4.69, 9.17) is 16.3 Å². The fourth-order valence-electron chi connectivity index (χ4n) is 1.54. The van der Waals surface area contributed by atoms with Gasteiger partial charge in [-0.15, -0.1) is 0 Å². The number of aromatic nitrogens is 1. The maximum absolute atomic E-state index is 9.51. The fourth-order valence-corrected chi connectivity index (χ4v) is 1.70. The summed E-state index contributed by atoms with van der Waals surface area (Å²) in [6, 6.07) is 8.90. The van der Waals surface area contributed by atoms with Crippen molar-refractivity contribution in [2.24, 2.45) is 0 Å². The van der Waals surface area contributed by atoms with Crippen molar-refractivity contribution in [2.75, 3.05) is 0 Å². The van der Waals surface area contributed by atoms with Crippen molar-refractivity contribution in [1.82, 2.24) is 4.98 Å². The van der Waals surface area contributed by atoms with Crippen LogP contribution in [-0.2, 0) is 0 Å². The lowest BCUT2D eigenvalue weighted by Crippen LogP contribution is -1.95. The van der Waals surface area contributed by atoms with Crippen LogP contribution < -0.4 is 4.74 Å². The molecule has 0 aliphatic carbocycles. The molecule has 0 aliphatic heterocycles. The second kappa shape index (κ2) is 5.38. The standard InChI is InChI=1S/C14H14ClNO2/c1-9-3-4-12(15)8-13(9)18-14-7-11(10(2)17)5-6-16-14/h3-8,10,17H,1-2H3/t10-/m0/s1. The topological polar surface area (TPSA) is 42.4 Å². The largest absolute Gasteiger partial charge is 0.439 e. The normalized spacial score (nSPS) is 12.2. The van der Waals surface area contributed by atoms with Crippen molar-refractivity contribution < 1.29 is 9.84 Å². The van der Waals surface area contributed by atoms with E-state index < -0.39 is 6.10 Å². The fraction of sp³-hybridized carbons (Fsp3) is 0.214. The minimum Gasteiger partial charge on any atom is -0.439 e. The molecular formula is C14H14ClNO2. The summed E-state index contributed by atoms with van der Waals surface area (Å²) in [5.74, 6) is 1.11. The van der Waals surface area contributed by atoms with Crippen LogP contribution >= 0.6 is 11.6 Å². The van der Waals surface area contributed by atoms with Gasteiger partial charge < -0.3 is 9.84 Å². The quantitative estimate of drug-likeness (QED) is 0.914. The van der Waals surface area contributed by atoms with Gasteiger partial charge in [-0.1, -0.05) is 17.7 Å². The Kier molecular flexibility index (Phi) is 3.84. The van der Waals surface area contributed by atoms with Crippen LogP contribution in [0.2, 0.25) is 5.02 Å². The van der Waals surface area contributed by atoms with Gasteiger partial charge >= 0.3 is 0 Å². The van der Waals surface area contributed by atoms with E-state index >= 15 is 0 Å². The van der Waals surface area contributed by atoms with Crippen molar-refractivity contribution in [3.63, 3.8) is 0 Å². The van der Waals surface area contributed by atoms with E-state index in [1.807, 2.05) is 19.1 Å². The summed E-state index contributed by atoms with van der Waals surface area (Å²) >= 11 is 5.92. The van der Waals surface area contributed by atoms with E-state index in [2.05, 4.69) is 4.98 Å². The highest BCUT2D eigenvalue weighted by atomic mass is 35.5. The maximum Gasteiger partial charge on any atom is 0.219 e. The van der Waals surface area contributed by atoms with Gasteiger partial charge in [0.15, 0.2) is 0 Å². The molecular weight excluding hydrogens is 250 g/mol. The lowest BCUT2D eigenvalue weighted by atomic mass is 10.2. The van der Waals surface area contributed by atoms with Crippen LogP contribution in [0.25, 0.3) is 0 Å². The van der Waals surface area contributed by atoms with Crippen molar-refractivity contribution >= 4 is 11.6 Å². The number of hydrogen-bond donors (Lipinski definition) is 1. The molecule has 1 aromatic heterocycles. The molecule has 0 saturated carbocycles. The highest BCUT2D eigenvalue weighted by molar-refractivity contribution is 6.30. The monoisotopic (exact) mass is 263 g/mol. The molecule has 2 aromatic rings. The third-order valence-corrected chi connectivity index (χ3v) is 2.84. The average molecular weight is 264 g/mol. The molecule has 94 valence electrons. The first-order valence-electron chi connectivity index (χ1n) is 5.64. The minimum absolute atomic E-state index is 0.443. The predicted molar refractivity (Wildman–Crippen MR) is 71.1 cm³/mol. The first kappa shape index (κ1) is 12.9. The summed E-state index contributed by atoms with van der Waals surface area (Å²) in [5.41, 5.74) is 1.74. The van der Waals surface area contributed by atoms with Gasteiger partial charge in [0.05, 0.1) is 6.10 Å². The molecule has 18 heavy (non-hydrogen) atoms. The number of aliphatic hydroxyl groups is 1. The number of hydrogen-bond acceptors (Lipinski definition) is 3. The van der Waals surface area contributed by atoms with Gasteiger partial charge in [0.25, 0.3) is 0 Å². The van der Waals surface area contributed by atoms with E-state index in [0.29, 0.717) is 16.7 Å². The molecule has 0 unspecified atom stereocenters. The SMILES string of the molecule is Cc1ccc(Cl)cc1Oc1cc([C@H](C)O)ccn1. The van der Waals surface area contributed by atoms with Crippen LogP contribution in [0.4, 0.5) is 0 Å². The molecule has 1 N–H and O–H groups in total. The Hall–Kier alpha value is -1.58. The summed E-state index contributed by atoms with van der Waals surface area (Å²) < 4.78 is 5.67. The number of ether oxygens (including phenoxy) is 1. The van der Waals surface area contributed by atoms with Crippen LogP contribution in [-0.4, -0.2) is 10.1 Å². The molecule has 0 saturated heterocycles. The second-order valence-corrected chi connectivity index (χ2v) is 4.55. The maximum atomic E-state index is 9.51. The molecule has 0 fully saturated rings. The van der Waals surface area contributed by atoms with E-state index in [9.17, 15) is 5.11 Å². The van der Waals surface area contributed by atoms with E-state index in [0.717, 1.165) is 11.1 Å². The second-order valence-electron chi connectivity index (χ2n) is 4.12. The molecule has 0 radical (unpaired) electrons. The summed E-state index contributed by atoms with van der Waals surface area (Å²) in [7, 11) is 0. The van der Waals surface area contributed by atoms with Gasteiger partial charge in [0.2, 0.25) is 5.88 Å². The molecule has 1 aromatic carbocycles. The van der Waals surface area contributed by atoms with Crippen LogP contribution in [0.1, 0.15) is 24.2 Å². The van der Waals surface area contributed by atoms with Crippen molar-refractivity contribution in [3.8, 4) is 11.6 Å². The highest BCUT2D eigenvalue weighted by Gasteiger charge is 2.06. The summed E-state index contributed by atoms with van der Waals surface area (Å²) in [5, 5.41) is 10.1. The lowest BCUT2D eigenvalue weighted by Gasteiger charge is -2.10. The number of pyridine rings is 1. The van der Waals surface area contributed by atoms with Crippen molar-refractivity contribution in [3.05, 3.63) is 52.7 Å².